The van der Waals surface area contributed by atoms with E-state index in [9.17, 15) is 9.59 Å². The number of aromatic nitrogens is 2. The first-order valence-electron chi connectivity index (χ1n) is 10.1. The lowest BCUT2D eigenvalue weighted by Crippen LogP contribution is -2.48. The van der Waals surface area contributed by atoms with Gasteiger partial charge in [-0.1, -0.05) is 24.3 Å². The Kier molecular flexibility index (Phi) is 5.50. The highest BCUT2D eigenvalue weighted by Crippen LogP contribution is 2.40. The monoisotopic (exact) mass is 419 g/mol. The number of hydrogen-bond acceptors (Lipinski definition) is 5. The molecule has 1 aromatic heterocycles. The predicted octanol–water partition coefficient (Wildman–Crippen LogP) is 2.80. The second-order valence-corrected chi connectivity index (χ2v) is 7.62. The molecule has 7 nitrogen and oxygen atoms in total. The third kappa shape index (κ3) is 3.67. The van der Waals surface area contributed by atoms with E-state index in [4.69, 9.17) is 9.47 Å². The first-order chi connectivity index (χ1) is 14.9. The number of amides is 1. The Hall–Kier alpha value is -3.61. The summed E-state index contributed by atoms with van der Waals surface area (Å²) < 4.78 is 12.6. The van der Waals surface area contributed by atoms with Crippen LogP contribution < -0.4 is 14.8 Å². The van der Waals surface area contributed by atoms with Crippen LogP contribution >= 0.6 is 0 Å². The van der Waals surface area contributed by atoms with E-state index in [0.29, 0.717) is 17.1 Å². The van der Waals surface area contributed by atoms with Gasteiger partial charge in [-0.2, -0.15) is 5.10 Å². The minimum atomic E-state index is -0.721. The zero-order valence-electron chi connectivity index (χ0n) is 18.0. The Morgan fingerprint density at radius 1 is 1.10 bits per heavy atom. The van der Waals surface area contributed by atoms with Crippen LogP contribution in [0.2, 0.25) is 0 Å². The number of carbonyl (C=O) groups is 2. The molecule has 31 heavy (non-hydrogen) atoms. The van der Waals surface area contributed by atoms with E-state index >= 15 is 0 Å². The number of nitrogens with one attached hydrogen (secondary N) is 1. The van der Waals surface area contributed by atoms with Gasteiger partial charge in [-0.15, -0.1) is 0 Å². The molecular weight excluding hydrogens is 394 g/mol. The van der Waals surface area contributed by atoms with Crippen LogP contribution in [0, 0.1) is 6.92 Å². The van der Waals surface area contributed by atoms with Crippen molar-refractivity contribution < 1.29 is 19.1 Å². The van der Waals surface area contributed by atoms with Gasteiger partial charge in [0.2, 0.25) is 0 Å². The second kappa shape index (κ2) is 8.26. The highest BCUT2D eigenvalue weighted by atomic mass is 16.5. The zero-order chi connectivity index (χ0) is 22.1. The van der Waals surface area contributed by atoms with Crippen LogP contribution in [0.3, 0.4) is 0 Å². The van der Waals surface area contributed by atoms with E-state index in [1.807, 2.05) is 38.2 Å². The van der Waals surface area contributed by atoms with Crippen molar-refractivity contribution in [2.24, 2.45) is 7.05 Å². The normalized spacial score (nSPS) is 17.7. The van der Waals surface area contributed by atoms with Crippen molar-refractivity contribution in [3.63, 3.8) is 0 Å². The van der Waals surface area contributed by atoms with Crippen LogP contribution in [0.1, 0.15) is 38.8 Å². The molecule has 0 bridgehead atoms. The number of ketones is 1. The van der Waals surface area contributed by atoms with Crippen molar-refractivity contribution >= 4 is 11.7 Å². The van der Waals surface area contributed by atoms with Crippen molar-refractivity contribution in [2.45, 2.75) is 25.3 Å². The van der Waals surface area contributed by atoms with Crippen LogP contribution in [0.5, 0.6) is 11.5 Å². The van der Waals surface area contributed by atoms with Crippen molar-refractivity contribution in [2.75, 3.05) is 14.2 Å². The first-order valence-corrected chi connectivity index (χ1v) is 10.1. The molecule has 0 fully saturated rings. The molecule has 0 radical (unpaired) electrons. The number of nitrogens with zero attached hydrogens (tertiary/aromatic N) is 2. The molecule has 4 rings (SSSR count). The minimum Gasteiger partial charge on any atom is -0.493 e. The Morgan fingerprint density at radius 3 is 2.48 bits per heavy atom. The summed E-state index contributed by atoms with van der Waals surface area (Å²) in [6, 6.07) is 13.8. The average molecular weight is 419 g/mol. The first kappa shape index (κ1) is 20.7. The van der Waals surface area contributed by atoms with Gasteiger partial charge >= 0.3 is 0 Å². The molecule has 1 heterocycles. The third-order valence-corrected chi connectivity index (χ3v) is 5.81. The molecule has 3 aromatic rings. The fourth-order valence-electron chi connectivity index (χ4n) is 4.35. The summed E-state index contributed by atoms with van der Waals surface area (Å²) >= 11 is 0. The fraction of sp³-hybridized carbons (Fsp3) is 0.292. The zero-order valence-corrected chi connectivity index (χ0v) is 18.0. The summed E-state index contributed by atoms with van der Waals surface area (Å²) in [4.78, 5) is 26.2. The van der Waals surface area contributed by atoms with Crippen molar-refractivity contribution in [1.29, 1.82) is 0 Å². The van der Waals surface area contributed by atoms with E-state index in [1.165, 1.54) is 0 Å². The maximum absolute atomic E-state index is 13.2. The van der Waals surface area contributed by atoms with Crippen molar-refractivity contribution in [3.8, 4) is 11.5 Å². The third-order valence-electron chi connectivity index (χ3n) is 5.81. The maximum Gasteiger partial charge on any atom is 0.251 e. The average Bonchev–Trinajstić information content (AvgIpc) is 3.07. The number of methoxy groups -OCH3 is 2. The Balaban J connectivity index is 1.82. The molecule has 0 aliphatic heterocycles. The summed E-state index contributed by atoms with van der Waals surface area (Å²) in [7, 11) is 4.99. The van der Waals surface area contributed by atoms with Gasteiger partial charge in [-0.25, -0.2) is 0 Å². The number of aryl methyl sites for hydroxylation is 2. The van der Waals surface area contributed by atoms with Crippen molar-refractivity contribution in [1.82, 2.24) is 15.1 Å². The van der Waals surface area contributed by atoms with E-state index < -0.39 is 12.0 Å². The lowest BCUT2D eigenvalue weighted by Gasteiger charge is -2.32. The number of ether oxygens (including phenoxy) is 2. The van der Waals surface area contributed by atoms with Crippen LogP contribution in [0.25, 0.3) is 0 Å². The smallest absolute Gasteiger partial charge is 0.251 e. The molecule has 1 aliphatic carbocycles. The van der Waals surface area contributed by atoms with E-state index in [1.54, 1.807) is 43.2 Å². The molecule has 0 unspecified atom stereocenters. The van der Waals surface area contributed by atoms with Crippen LogP contribution in [0.15, 0.2) is 48.5 Å². The molecule has 1 aliphatic rings. The number of fused-ring (bicyclic) bond motifs is 1. The van der Waals surface area contributed by atoms with Crippen LogP contribution in [-0.4, -0.2) is 41.7 Å². The van der Waals surface area contributed by atoms with Gasteiger partial charge in [0.15, 0.2) is 17.3 Å². The molecule has 160 valence electrons. The van der Waals surface area contributed by atoms with E-state index in [0.717, 1.165) is 22.5 Å². The summed E-state index contributed by atoms with van der Waals surface area (Å²) in [6.07, 6.45) is 0.218. The SMILES string of the molecule is COc1ccc([C@@H]2c3c(C)nn(C)c3CC(=O)[C@H]2NC(=O)c2ccccc2)cc1OC. The Labute approximate surface area is 181 Å². The maximum atomic E-state index is 13.2. The number of rotatable bonds is 5. The van der Waals surface area contributed by atoms with Gasteiger partial charge in [-0.05, 0) is 36.8 Å². The van der Waals surface area contributed by atoms with Gasteiger partial charge < -0.3 is 14.8 Å². The highest BCUT2D eigenvalue weighted by Gasteiger charge is 2.41. The summed E-state index contributed by atoms with van der Waals surface area (Å²) in [5.74, 6) is 0.432. The summed E-state index contributed by atoms with van der Waals surface area (Å²) in [5.41, 5.74) is 4.03. The number of benzene rings is 2. The molecule has 2 atom stereocenters. The number of hydrogen-bond donors (Lipinski definition) is 1. The lowest BCUT2D eigenvalue weighted by molar-refractivity contribution is -0.121. The lowest BCUT2D eigenvalue weighted by atomic mass is 9.76. The van der Waals surface area contributed by atoms with Gasteiger partial charge in [-0.3, -0.25) is 14.3 Å². The Bertz CT molecular complexity index is 1140. The fourth-order valence-corrected chi connectivity index (χ4v) is 4.35. The van der Waals surface area contributed by atoms with Gasteiger partial charge in [0.25, 0.3) is 5.91 Å². The van der Waals surface area contributed by atoms with E-state index in [-0.39, 0.29) is 18.1 Å². The summed E-state index contributed by atoms with van der Waals surface area (Å²) in [5, 5.41) is 7.53. The van der Waals surface area contributed by atoms with Gasteiger partial charge in [0.1, 0.15) is 0 Å². The van der Waals surface area contributed by atoms with Gasteiger partial charge in [0, 0.05) is 29.8 Å². The Morgan fingerprint density at radius 2 is 1.81 bits per heavy atom. The molecule has 0 saturated heterocycles. The molecule has 1 N–H and O–H groups in total. The molecule has 2 aromatic carbocycles. The van der Waals surface area contributed by atoms with Crippen LogP contribution in [-0.2, 0) is 18.3 Å². The highest BCUT2D eigenvalue weighted by molar-refractivity contribution is 5.99. The minimum absolute atomic E-state index is 0.0560. The topological polar surface area (TPSA) is 82.5 Å². The van der Waals surface area contributed by atoms with Crippen molar-refractivity contribution in [3.05, 3.63) is 76.6 Å². The largest absolute Gasteiger partial charge is 0.493 e. The van der Waals surface area contributed by atoms with Crippen LogP contribution in [0.4, 0.5) is 0 Å². The number of Topliss-reactive ketones (excluding diaryl/α,β-unsaturated/α-hetero) is 1. The molecular formula is C24H25N3O4. The molecule has 7 heteroatoms. The predicted molar refractivity (Wildman–Crippen MR) is 116 cm³/mol. The quantitative estimate of drug-likeness (QED) is 0.688. The van der Waals surface area contributed by atoms with E-state index in [2.05, 4.69) is 10.4 Å². The number of carbonyl (C=O) groups excluding carboxylic acids is 2. The summed E-state index contributed by atoms with van der Waals surface area (Å²) in [6.45, 7) is 1.93. The molecule has 0 saturated carbocycles. The standard InChI is InChI=1S/C24H25N3O4/c1-14-21-17(27(2)26-14)13-18(28)23(25-24(29)15-8-6-5-7-9-15)22(21)16-10-11-19(30-3)20(12-16)31-4/h5-12,22-23H,13H2,1-4H3,(H,25,29)/t22-,23-/m1/s1. The molecule has 1 amide bonds. The van der Waals surface area contributed by atoms with Gasteiger partial charge in [0.05, 0.1) is 32.4 Å². The molecule has 0 spiro atoms. The second-order valence-electron chi connectivity index (χ2n) is 7.62.